The van der Waals surface area contributed by atoms with Crippen LogP contribution in [0.25, 0.3) is 0 Å². The van der Waals surface area contributed by atoms with Gasteiger partial charge in [-0.15, -0.1) is 11.8 Å². The van der Waals surface area contributed by atoms with E-state index in [2.05, 4.69) is 0 Å². The molecule has 1 atom stereocenters. The Balaban J connectivity index is 2.60. The monoisotopic (exact) mass is 214 g/mol. The van der Waals surface area contributed by atoms with Gasteiger partial charge in [0.05, 0.1) is 4.90 Å². The third-order valence-electron chi connectivity index (χ3n) is 2.27. The Labute approximate surface area is 82.3 Å². The minimum atomic E-state index is -3.03. The summed E-state index contributed by atoms with van der Waals surface area (Å²) in [6.45, 7) is 0. The average Bonchev–Trinajstić information content (AvgIpc) is 2.39. The van der Waals surface area contributed by atoms with E-state index in [1.807, 2.05) is 18.4 Å². The molecule has 1 heterocycles. The Bertz CT molecular complexity index is 423. The van der Waals surface area contributed by atoms with Crippen LogP contribution in [0.4, 0.5) is 0 Å². The molecule has 70 valence electrons. The number of hydrogen-bond donors (Lipinski definition) is 0. The third kappa shape index (κ3) is 1.28. The van der Waals surface area contributed by atoms with E-state index in [-0.39, 0.29) is 4.58 Å². The molecular weight excluding hydrogens is 204 g/mol. The number of benzene rings is 1. The van der Waals surface area contributed by atoms with Gasteiger partial charge in [0.2, 0.25) is 0 Å². The highest BCUT2D eigenvalue weighted by molar-refractivity contribution is 8.13. The maximum absolute atomic E-state index is 11.8. The topological polar surface area (TPSA) is 34.1 Å². The Kier molecular flexibility index (Phi) is 2.12. The third-order valence-corrected chi connectivity index (χ3v) is 6.17. The van der Waals surface area contributed by atoms with Gasteiger partial charge in [0, 0.05) is 6.42 Å². The molecule has 4 heteroatoms. The van der Waals surface area contributed by atoms with Crippen LogP contribution in [0, 0.1) is 0 Å². The van der Waals surface area contributed by atoms with Gasteiger partial charge in [0.25, 0.3) is 0 Å². The van der Waals surface area contributed by atoms with Crippen molar-refractivity contribution in [3.8, 4) is 0 Å². The summed E-state index contributed by atoms with van der Waals surface area (Å²) in [7, 11) is -3.03. The largest absolute Gasteiger partial charge is 0.223 e. The molecule has 1 aliphatic heterocycles. The fourth-order valence-electron chi connectivity index (χ4n) is 1.59. The predicted molar refractivity (Wildman–Crippen MR) is 54.6 cm³/mol. The number of hydrogen-bond acceptors (Lipinski definition) is 3. The van der Waals surface area contributed by atoms with Crippen molar-refractivity contribution < 1.29 is 8.42 Å². The first-order valence-electron chi connectivity index (χ1n) is 4.01. The molecule has 1 unspecified atom stereocenters. The Morgan fingerprint density at radius 3 is 2.69 bits per heavy atom. The molecule has 0 saturated heterocycles. The first kappa shape index (κ1) is 9.09. The highest BCUT2D eigenvalue weighted by atomic mass is 32.3. The SMILES string of the molecule is CSC1Cc2ccccc2S1(=O)=O. The molecule has 0 amide bonds. The standard InChI is InChI=1S/C9H10O2S2/c1-12-9-6-7-4-2-3-5-8(7)13(9,10)11/h2-5,9H,6H2,1H3. The van der Waals surface area contributed by atoms with Crippen molar-refractivity contribution in [3.05, 3.63) is 29.8 Å². The first-order valence-corrected chi connectivity index (χ1v) is 6.84. The highest BCUT2D eigenvalue weighted by Crippen LogP contribution is 2.35. The van der Waals surface area contributed by atoms with Gasteiger partial charge in [-0.25, -0.2) is 8.42 Å². The van der Waals surface area contributed by atoms with Crippen LogP contribution in [0.1, 0.15) is 5.56 Å². The molecule has 0 bridgehead atoms. The van der Waals surface area contributed by atoms with Crippen LogP contribution in [0.2, 0.25) is 0 Å². The molecule has 0 aliphatic carbocycles. The summed E-state index contributed by atoms with van der Waals surface area (Å²) in [5.74, 6) is 0. The molecule has 1 aromatic carbocycles. The predicted octanol–water partition coefficient (Wildman–Crippen LogP) is 1.71. The number of fused-ring (bicyclic) bond motifs is 1. The molecule has 2 rings (SSSR count). The smallest absolute Gasteiger partial charge is 0.191 e. The molecule has 1 aromatic rings. The molecule has 2 nitrogen and oxygen atoms in total. The molecular formula is C9H10O2S2. The van der Waals surface area contributed by atoms with Crippen LogP contribution < -0.4 is 0 Å². The minimum absolute atomic E-state index is 0.273. The van der Waals surface area contributed by atoms with Gasteiger partial charge in [-0.05, 0) is 17.9 Å². The Hall–Kier alpha value is -0.480. The number of rotatable bonds is 1. The second-order valence-corrected chi connectivity index (χ2v) is 6.46. The van der Waals surface area contributed by atoms with Crippen LogP contribution in [0.15, 0.2) is 29.2 Å². The molecule has 0 N–H and O–H groups in total. The van der Waals surface area contributed by atoms with E-state index in [4.69, 9.17) is 0 Å². The summed E-state index contributed by atoms with van der Waals surface area (Å²) in [6.07, 6.45) is 2.49. The molecule has 0 radical (unpaired) electrons. The summed E-state index contributed by atoms with van der Waals surface area (Å²) in [4.78, 5) is 0.523. The van der Waals surface area contributed by atoms with Crippen molar-refractivity contribution in [1.82, 2.24) is 0 Å². The maximum Gasteiger partial charge on any atom is 0.191 e. The van der Waals surface area contributed by atoms with E-state index < -0.39 is 9.84 Å². The molecule has 0 spiro atoms. The van der Waals surface area contributed by atoms with Gasteiger partial charge in [-0.2, -0.15) is 0 Å². The quantitative estimate of drug-likeness (QED) is 0.713. The van der Waals surface area contributed by atoms with Gasteiger partial charge < -0.3 is 0 Å². The van der Waals surface area contributed by atoms with E-state index in [1.54, 1.807) is 12.1 Å². The zero-order chi connectivity index (χ0) is 9.47. The highest BCUT2D eigenvalue weighted by Gasteiger charge is 2.35. The molecule has 0 saturated carbocycles. The van der Waals surface area contributed by atoms with Gasteiger partial charge in [0.15, 0.2) is 9.84 Å². The van der Waals surface area contributed by atoms with E-state index in [0.29, 0.717) is 11.3 Å². The normalized spacial score (nSPS) is 24.2. The van der Waals surface area contributed by atoms with Crippen LogP contribution in [-0.2, 0) is 16.3 Å². The molecule has 1 aliphatic rings. The van der Waals surface area contributed by atoms with Crippen LogP contribution >= 0.6 is 11.8 Å². The van der Waals surface area contributed by atoms with Crippen LogP contribution in [0.3, 0.4) is 0 Å². The summed E-state index contributed by atoms with van der Waals surface area (Å²) < 4.78 is 23.3. The van der Waals surface area contributed by atoms with Crippen molar-refractivity contribution in [2.75, 3.05) is 6.26 Å². The lowest BCUT2D eigenvalue weighted by molar-refractivity contribution is 0.598. The Morgan fingerprint density at radius 2 is 2.08 bits per heavy atom. The average molecular weight is 214 g/mol. The fraction of sp³-hybridized carbons (Fsp3) is 0.333. The lowest BCUT2D eigenvalue weighted by Crippen LogP contribution is -2.11. The maximum atomic E-state index is 11.8. The van der Waals surface area contributed by atoms with E-state index in [9.17, 15) is 8.42 Å². The zero-order valence-electron chi connectivity index (χ0n) is 7.23. The van der Waals surface area contributed by atoms with Gasteiger partial charge in [-0.3, -0.25) is 0 Å². The van der Waals surface area contributed by atoms with Gasteiger partial charge >= 0.3 is 0 Å². The summed E-state index contributed by atoms with van der Waals surface area (Å²) in [5.41, 5.74) is 0.960. The van der Waals surface area contributed by atoms with Crippen molar-refractivity contribution in [3.63, 3.8) is 0 Å². The second-order valence-electron chi connectivity index (χ2n) is 3.02. The Morgan fingerprint density at radius 1 is 1.38 bits per heavy atom. The van der Waals surface area contributed by atoms with Crippen LogP contribution in [-0.4, -0.2) is 19.3 Å². The lowest BCUT2D eigenvalue weighted by Gasteiger charge is -2.03. The van der Waals surface area contributed by atoms with E-state index >= 15 is 0 Å². The van der Waals surface area contributed by atoms with E-state index in [0.717, 1.165) is 5.56 Å². The molecule has 0 fully saturated rings. The summed E-state index contributed by atoms with van der Waals surface area (Å²) in [6, 6.07) is 7.25. The molecule has 0 aromatic heterocycles. The number of sulfone groups is 1. The minimum Gasteiger partial charge on any atom is -0.223 e. The van der Waals surface area contributed by atoms with Crippen molar-refractivity contribution in [2.45, 2.75) is 15.9 Å². The summed E-state index contributed by atoms with van der Waals surface area (Å²) >= 11 is 1.41. The van der Waals surface area contributed by atoms with Crippen LogP contribution in [0.5, 0.6) is 0 Å². The van der Waals surface area contributed by atoms with Gasteiger partial charge in [-0.1, -0.05) is 18.2 Å². The summed E-state index contributed by atoms with van der Waals surface area (Å²) in [5, 5.41) is 0. The zero-order valence-corrected chi connectivity index (χ0v) is 8.86. The molecule has 13 heavy (non-hydrogen) atoms. The van der Waals surface area contributed by atoms with Gasteiger partial charge in [0.1, 0.15) is 4.58 Å². The van der Waals surface area contributed by atoms with Crippen molar-refractivity contribution >= 4 is 21.6 Å². The van der Waals surface area contributed by atoms with Crippen molar-refractivity contribution in [1.29, 1.82) is 0 Å². The fourth-order valence-corrected chi connectivity index (χ4v) is 4.73. The first-order chi connectivity index (χ1) is 6.16. The lowest BCUT2D eigenvalue weighted by atomic mass is 10.2. The second kappa shape index (κ2) is 3.03. The van der Waals surface area contributed by atoms with E-state index in [1.165, 1.54) is 11.8 Å². The van der Waals surface area contributed by atoms with Crippen molar-refractivity contribution in [2.24, 2.45) is 0 Å². The number of thioether (sulfide) groups is 1.